The third-order valence-corrected chi connectivity index (χ3v) is 3.71. The normalized spacial score (nSPS) is 11.9. The summed E-state index contributed by atoms with van der Waals surface area (Å²) in [6.07, 6.45) is 1.52. The van der Waals surface area contributed by atoms with E-state index in [1.165, 1.54) is 6.33 Å². The van der Waals surface area contributed by atoms with Crippen molar-refractivity contribution in [3.8, 4) is 5.75 Å². The van der Waals surface area contributed by atoms with Gasteiger partial charge in [-0.3, -0.25) is 0 Å². The first-order valence-corrected chi connectivity index (χ1v) is 7.01. The Morgan fingerprint density at radius 2 is 2.10 bits per heavy atom. The number of anilines is 2. The van der Waals surface area contributed by atoms with E-state index in [9.17, 15) is 0 Å². The second-order valence-electron chi connectivity index (χ2n) is 4.67. The first kappa shape index (κ1) is 15.4. The van der Waals surface area contributed by atoms with Crippen LogP contribution in [0.2, 0.25) is 5.02 Å². The second kappa shape index (κ2) is 6.63. The number of hydrogen-bond acceptors (Lipinski definition) is 5. The lowest BCUT2D eigenvalue weighted by atomic mass is 10.1. The average Bonchev–Trinajstić information content (AvgIpc) is 2.52. The second-order valence-corrected chi connectivity index (χ2v) is 5.11. The number of rotatable bonds is 5. The molecule has 2 aromatic rings. The first-order chi connectivity index (χ1) is 10.1. The molecular formula is C15H19ClN4O. The summed E-state index contributed by atoms with van der Waals surface area (Å²) in [6, 6.07) is 7.90. The number of methoxy groups -OCH3 is 1. The average molecular weight is 307 g/mol. The number of hydrogen-bond donors (Lipinski definition) is 1. The number of nitrogens with one attached hydrogen (secondary N) is 1. The number of ether oxygens (including phenoxy) is 1. The fourth-order valence-electron chi connectivity index (χ4n) is 2.16. The Morgan fingerprint density at radius 3 is 2.71 bits per heavy atom. The van der Waals surface area contributed by atoms with Crippen LogP contribution < -0.4 is 15.0 Å². The molecule has 112 valence electrons. The lowest BCUT2D eigenvalue weighted by molar-refractivity contribution is 0.412. The van der Waals surface area contributed by atoms with Crippen molar-refractivity contribution in [2.24, 2.45) is 0 Å². The zero-order chi connectivity index (χ0) is 15.4. The predicted molar refractivity (Wildman–Crippen MR) is 86.4 cm³/mol. The number of benzene rings is 1. The Balaban J connectivity index is 2.37. The Morgan fingerprint density at radius 1 is 1.33 bits per heavy atom. The Hall–Kier alpha value is -2.01. The fourth-order valence-corrected chi connectivity index (χ4v) is 2.35. The molecule has 1 atom stereocenters. The van der Waals surface area contributed by atoms with Crippen molar-refractivity contribution in [1.82, 2.24) is 9.97 Å². The van der Waals surface area contributed by atoms with Crippen LogP contribution in [0.25, 0.3) is 0 Å². The van der Waals surface area contributed by atoms with E-state index in [2.05, 4.69) is 22.2 Å². The van der Waals surface area contributed by atoms with Crippen molar-refractivity contribution in [3.63, 3.8) is 0 Å². The standard InChI is InChI=1S/C15H19ClN4O/c1-10(11-6-5-7-12(16)8-11)20(3)15-13(21-4)14(17-2)18-9-19-15/h5-10H,1-4H3,(H,17,18,19). The van der Waals surface area contributed by atoms with E-state index in [-0.39, 0.29) is 6.04 Å². The van der Waals surface area contributed by atoms with Crippen LogP contribution in [0.1, 0.15) is 18.5 Å². The highest BCUT2D eigenvalue weighted by Gasteiger charge is 2.20. The first-order valence-electron chi connectivity index (χ1n) is 6.63. The third kappa shape index (κ3) is 3.19. The summed E-state index contributed by atoms with van der Waals surface area (Å²) in [5.74, 6) is 2.01. The molecule has 1 aromatic carbocycles. The van der Waals surface area contributed by atoms with Gasteiger partial charge in [-0.15, -0.1) is 0 Å². The molecule has 0 spiro atoms. The van der Waals surface area contributed by atoms with E-state index in [1.807, 2.05) is 36.2 Å². The van der Waals surface area contributed by atoms with Gasteiger partial charge >= 0.3 is 0 Å². The van der Waals surface area contributed by atoms with Gasteiger partial charge in [0.25, 0.3) is 0 Å². The Labute approximate surface area is 129 Å². The molecule has 21 heavy (non-hydrogen) atoms. The summed E-state index contributed by atoms with van der Waals surface area (Å²) in [4.78, 5) is 10.5. The molecule has 0 aliphatic carbocycles. The minimum atomic E-state index is 0.0946. The van der Waals surface area contributed by atoms with Gasteiger partial charge in [0.2, 0.25) is 5.75 Å². The van der Waals surface area contributed by atoms with Crippen LogP contribution in [0.4, 0.5) is 11.6 Å². The van der Waals surface area contributed by atoms with Gasteiger partial charge in [0, 0.05) is 19.1 Å². The largest absolute Gasteiger partial charge is 0.490 e. The van der Waals surface area contributed by atoms with Gasteiger partial charge in [-0.05, 0) is 24.6 Å². The van der Waals surface area contributed by atoms with Crippen LogP contribution in [0.15, 0.2) is 30.6 Å². The molecule has 6 heteroatoms. The molecule has 0 aliphatic heterocycles. The molecule has 1 heterocycles. The topological polar surface area (TPSA) is 50.3 Å². The predicted octanol–water partition coefficient (Wildman–Crippen LogP) is 3.38. The minimum Gasteiger partial charge on any atom is -0.490 e. The van der Waals surface area contributed by atoms with Crippen molar-refractivity contribution in [1.29, 1.82) is 0 Å². The number of aromatic nitrogens is 2. The summed E-state index contributed by atoms with van der Waals surface area (Å²) < 4.78 is 5.44. The van der Waals surface area contributed by atoms with Gasteiger partial charge in [0.05, 0.1) is 13.2 Å². The van der Waals surface area contributed by atoms with Gasteiger partial charge in [-0.1, -0.05) is 23.7 Å². The fraction of sp³-hybridized carbons (Fsp3) is 0.333. The molecule has 1 unspecified atom stereocenters. The van der Waals surface area contributed by atoms with E-state index in [1.54, 1.807) is 14.2 Å². The van der Waals surface area contributed by atoms with Crippen LogP contribution in [0, 0.1) is 0 Å². The molecule has 0 saturated heterocycles. The highest BCUT2D eigenvalue weighted by molar-refractivity contribution is 6.30. The van der Waals surface area contributed by atoms with Crippen LogP contribution >= 0.6 is 11.6 Å². The van der Waals surface area contributed by atoms with Crippen molar-refractivity contribution in [2.75, 3.05) is 31.4 Å². The van der Waals surface area contributed by atoms with Gasteiger partial charge in [0.1, 0.15) is 6.33 Å². The summed E-state index contributed by atoms with van der Waals surface area (Å²) in [7, 11) is 5.38. The number of halogens is 1. The number of nitrogens with zero attached hydrogens (tertiary/aromatic N) is 3. The molecule has 5 nitrogen and oxygen atoms in total. The minimum absolute atomic E-state index is 0.0946. The Kier molecular flexibility index (Phi) is 4.85. The molecule has 0 bridgehead atoms. The monoisotopic (exact) mass is 306 g/mol. The zero-order valence-corrected chi connectivity index (χ0v) is 13.3. The smallest absolute Gasteiger partial charge is 0.204 e. The molecule has 1 aromatic heterocycles. The van der Waals surface area contributed by atoms with Crippen molar-refractivity contribution < 1.29 is 4.74 Å². The molecule has 0 aliphatic rings. The maximum absolute atomic E-state index is 6.07. The van der Waals surface area contributed by atoms with Gasteiger partial charge in [-0.2, -0.15) is 0 Å². The van der Waals surface area contributed by atoms with E-state index in [0.29, 0.717) is 11.6 Å². The summed E-state index contributed by atoms with van der Waals surface area (Å²) >= 11 is 6.07. The molecule has 2 rings (SSSR count). The van der Waals surface area contributed by atoms with E-state index >= 15 is 0 Å². The van der Waals surface area contributed by atoms with Crippen molar-refractivity contribution in [3.05, 3.63) is 41.2 Å². The van der Waals surface area contributed by atoms with E-state index in [4.69, 9.17) is 16.3 Å². The summed E-state index contributed by atoms with van der Waals surface area (Å²) in [5.41, 5.74) is 1.11. The summed E-state index contributed by atoms with van der Waals surface area (Å²) in [5, 5.41) is 3.73. The quantitative estimate of drug-likeness (QED) is 0.917. The maximum Gasteiger partial charge on any atom is 0.204 e. The molecule has 1 N–H and O–H groups in total. The molecule has 0 saturated carbocycles. The van der Waals surface area contributed by atoms with Gasteiger partial charge in [-0.25, -0.2) is 9.97 Å². The molecular weight excluding hydrogens is 288 g/mol. The van der Waals surface area contributed by atoms with E-state index in [0.717, 1.165) is 16.4 Å². The summed E-state index contributed by atoms with van der Waals surface area (Å²) in [6.45, 7) is 2.09. The maximum atomic E-state index is 6.07. The van der Waals surface area contributed by atoms with E-state index < -0.39 is 0 Å². The van der Waals surface area contributed by atoms with Crippen LogP contribution in [-0.4, -0.2) is 31.2 Å². The highest BCUT2D eigenvalue weighted by atomic mass is 35.5. The Bertz CT molecular complexity index is 620. The van der Waals surface area contributed by atoms with Crippen molar-refractivity contribution in [2.45, 2.75) is 13.0 Å². The van der Waals surface area contributed by atoms with Crippen LogP contribution in [0.3, 0.4) is 0 Å². The lowest BCUT2D eigenvalue weighted by Crippen LogP contribution is -2.23. The van der Waals surface area contributed by atoms with Crippen LogP contribution in [-0.2, 0) is 0 Å². The molecule has 0 radical (unpaired) electrons. The lowest BCUT2D eigenvalue weighted by Gasteiger charge is -2.28. The molecule has 0 fully saturated rings. The zero-order valence-electron chi connectivity index (χ0n) is 12.6. The van der Waals surface area contributed by atoms with Crippen LogP contribution in [0.5, 0.6) is 5.75 Å². The SMILES string of the molecule is CNc1ncnc(N(C)C(C)c2cccc(Cl)c2)c1OC. The van der Waals surface area contributed by atoms with Crippen molar-refractivity contribution >= 4 is 23.2 Å². The van der Waals surface area contributed by atoms with Gasteiger partial charge in [0.15, 0.2) is 11.6 Å². The third-order valence-electron chi connectivity index (χ3n) is 3.47. The molecule has 0 amide bonds. The highest BCUT2D eigenvalue weighted by Crippen LogP contribution is 2.35. The van der Waals surface area contributed by atoms with Gasteiger partial charge < -0.3 is 15.0 Å².